The van der Waals surface area contributed by atoms with Gasteiger partial charge in [-0.1, -0.05) is 49.4 Å². The van der Waals surface area contributed by atoms with Gasteiger partial charge in [0.25, 0.3) is 0 Å². The topological polar surface area (TPSA) is 109 Å². The average Bonchev–Trinajstić information content (AvgIpc) is 3.58. The zero-order chi connectivity index (χ0) is 30.5. The first-order valence-corrected chi connectivity index (χ1v) is 17.4. The minimum absolute atomic E-state index is 0.0214. The Labute approximate surface area is 267 Å². The number of nitrogens with one attached hydrogen (secondary N) is 1. The third-order valence-electron chi connectivity index (χ3n) is 11.2. The third kappa shape index (κ3) is 7.15. The van der Waals surface area contributed by atoms with Crippen molar-refractivity contribution in [3.05, 3.63) is 47.5 Å². The van der Waals surface area contributed by atoms with Crippen molar-refractivity contribution in [3.8, 4) is 0 Å². The van der Waals surface area contributed by atoms with Crippen molar-refractivity contribution in [3.63, 3.8) is 0 Å². The molecule has 3 saturated heterocycles. The van der Waals surface area contributed by atoms with Gasteiger partial charge < -0.3 is 20.9 Å². The highest BCUT2D eigenvalue weighted by Crippen LogP contribution is 2.47. The number of piperidine rings is 3. The highest BCUT2D eigenvalue weighted by atomic mass is 35.5. The minimum atomic E-state index is -0.354. The van der Waals surface area contributed by atoms with Crippen LogP contribution < -0.4 is 11.1 Å². The predicted molar refractivity (Wildman–Crippen MR) is 172 cm³/mol. The van der Waals surface area contributed by atoms with E-state index in [0.29, 0.717) is 30.3 Å². The number of nitrogens with two attached hydrogens (primary N) is 1. The van der Waals surface area contributed by atoms with Crippen molar-refractivity contribution in [2.45, 2.75) is 108 Å². The molecule has 44 heavy (non-hydrogen) atoms. The summed E-state index contributed by atoms with van der Waals surface area (Å²) in [5.74, 6) is 0.590. The minimum Gasteiger partial charge on any atom is -0.342 e. The molecule has 2 amide bonds. The summed E-state index contributed by atoms with van der Waals surface area (Å²) < 4.78 is 2.00. The maximum Gasteiger partial charge on any atom is 0.239 e. The third-order valence-corrected chi connectivity index (χ3v) is 11.5. The van der Waals surface area contributed by atoms with Crippen LogP contribution in [0.15, 0.2) is 36.9 Å². The number of benzene rings is 1. The number of carbonyl (C=O) groups is 2. The van der Waals surface area contributed by atoms with Crippen molar-refractivity contribution in [2.24, 2.45) is 23.0 Å². The second kappa shape index (κ2) is 14.3. The Hall–Kier alpha value is -2.49. The first kappa shape index (κ1) is 31.5. The van der Waals surface area contributed by atoms with E-state index in [9.17, 15) is 9.59 Å². The molecule has 3 N–H and O–H groups in total. The smallest absolute Gasteiger partial charge is 0.239 e. The Morgan fingerprint density at radius 1 is 1.00 bits per heavy atom. The van der Waals surface area contributed by atoms with E-state index in [0.717, 1.165) is 70.3 Å². The number of amides is 2. The van der Waals surface area contributed by atoms with Crippen molar-refractivity contribution < 1.29 is 9.59 Å². The number of aromatic nitrogens is 3. The van der Waals surface area contributed by atoms with Crippen LogP contribution in [0.4, 0.5) is 0 Å². The molecule has 4 heterocycles. The lowest BCUT2D eigenvalue weighted by Gasteiger charge is -2.49. The van der Waals surface area contributed by atoms with E-state index in [1.807, 2.05) is 40.2 Å². The Bertz CT molecular complexity index is 1220. The molecule has 1 aliphatic carbocycles. The molecule has 4 atom stereocenters. The molecule has 1 saturated carbocycles. The molecule has 1 aromatic carbocycles. The summed E-state index contributed by atoms with van der Waals surface area (Å²) in [4.78, 5) is 37.0. The normalized spacial score (nSPS) is 27.2. The fourth-order valence-corrected chi connectivity index (χ4v) is 8.79. The molecule has 4 fully saturated rings. The number of rotatable bonds is 8. The largest absolute Gasteiger partial charge is 0.342 e. The Morgan fingerprint density at radius 3 is 2.43 bits per heavy atom. The van der Waals surface area contributed by atoms with Crippen molar-refractivity contribution in [1.29, 1.82) is 0 Å². The van der Waals surface area contributed by atoms with Gasteiger partial charge in [-0.25, -0.2) is 4.98 Å². The maximum absolute atomic E-state index is 14.7. The van der Waals surface area contributed by atoms with Gasteiger partial charge in [-0.05, 0) is 93.4 Å². The predicted octanol–water partition coefficient (Wildman–Crippen LogP) is 4.44. The van der Waals surface area contributed by atoms with E-state index in [2.05, 4.69) is 20.3 Å². The molecule has 9 nitrogen and oxygen atoms in total. The Kier molecular flexibility index (Phi) is 10.2. The molecule has 1 aromatic heterocycles. The van der Waals surface area contributed by atoms with Crippen LogP contribution in [-0.2, 0) is 22.6 Å². The number of carbonyl (C=O) groups excluding carboxylic acids is 2. The van der Waals surface area contributed by atoms with E-state index >= 15 is 0 Å². The molecule has 0 radical (unpaired) electrons. The summed E-state index contributed by atoms with van der Waals surface area (Å²) in [5.41, 5.74) is 7.76. The molecule has 0 spiro atoms. The highest BCUT2D eigenvalue weighted by molar-refractivity contribution is 6.30. The molecule has 240 valence electrons. The second-order valence-electron chi connectivity index (χ2n) is 13.9. The quantitative estimate of drug-likeness (QED) is 0.450. The molecule has 3 aliphatic heterocycles. The van der Waals surface area contributed by atoms with Gasteiger partial charge in [-0.2, -0.15) is 5.10 Å². The lowest BCUT2D eigenvalue weighted by molar-refractivity contribution is -0.147. The summed E-state index contributed by atoms with van der Waals surface area (Å²) in [5, 5.41) is 8.61. The number of halogens is 1. The van der Waals surface area contributed by atoms with Crippen LogP contribution in [0.5, 0.6) is 0 Å². The summed E-state index contributed by atoms with van der Waals surface area (Å²) in [6.07, 6.45) is 16.8. The Balaban J connectivity index is 1.24. The Morgan fingerprint density at radius 2 is 1.75 bits per heavy atom. The maximum atomic E-state index is 14.7. The molecule has 4 aliphatic rings. The van der Waals surface area contributed by atoms with Gasteiger partial charge in [-0.15, -0.1) is 0 Å². The van der Waals surface area contributed by atoms with Crippen LogP contribution >= 0.6 is 11.6 Å². The van der Waals surface area contributed by atoms with Gasteiger partial charge >= 0.3 is 0 Å². The van der Waals surface area contributed by atoms with Crippen LogP contribution in [-0.4, -0.2) is 80.7 Å². The summed E-state index contributed by atoms with van der Waals surface area (Å²) in [6.45, 7) is 3.81. The van der Waals surface area contributed by atoms with Crippen LogP contribution in [0, 0.1) is 17.3 Å². The number of hydrogen-bond acceptors (Lipinski definition) is 6. The van der Waals surface area contributed by atoms with E-state index in [4.69, 9.17) is 17.3 Å². The first-order chi connectivity index (χ1) is 21.4. The lowest BCUT2D eigenvalue weighted by Crippen LogP contribution is -2.61. The van der Waals surface area contributed by atoms with Crippen molar-refractivity contribution in [2.75, 3.05) is 26.2 Å². The van der Waals surface area contributed by atoms with Gasteiger partial charge in [0, 0.05) is 43.3 Å². The zero-order valence-electron chi connectivity index (χ0n) is 26.1. The van der Waals surface area contributed by atoms with Gasteiger partial charge in [0.2, 0.25) is 11.8 Å². The van der Waals surface area contributed by atoms with Crippen molar-refractivity contribution in [1.82, 2.24) is 29.9 Å². The molecule has 2 unspecified atom stereocenters. The summed E-state index contributed by atoms with van der Waals surface area (Å²) in [7, 11) is 0. The van der Waals surface area contributed by atoms with Gasteiger partial charge in [-0.3, -0.25) is 14.3 Å². The van der Waals surface area contributed by atoms with E-state index in [-0.39, 0.29) is 41.3 Å². The second-order valence-corrected chi connectivity index (χ2v) is 14.4. The first-order valence-electron chi connectivity index (χ1n) is 17.1. The summed E-state index contributed by atoms with van der Waals surface area (Å²) >= 11 is 6.23. The van der Waals surface area contributed by atoms with Crippen LogP contribution in [0.1, 0.15) is 82.6 Å². The molecular formula is C34H50ClN7O2. The lowest BCUT2D eigenvalue weighted by atomic mass is 9.63. The molecule has 2 aromatic rings. The average molecular weight is 624 g/mol. The van der Waals surface area contributed by atoms with Crippen molar-refractivity contribution >= 4 is 23.4 Å². The molecular weight excluding hydrogens is 574 g/mol. The highest BCUT2D eigenvalue weighted by Gasteiger charge is 2.46. The monoisotopic (exact) mass is 623 g/mol. The number of likely N-dealkylation sites (tertiary alicyclic amines) is 2. The van der Waals surface area contributed by atoms with Gasteiger partial charge in [0.1, 0.15) is 12.7 Å². The number of hydrogen-bond donors (Lipinski definition) is 2. The van der Waals surface area contributed by atoms with Crippen LogP contribution in [0.3, 0.4) is 0 Å². The van der Waals surface area contributed by atoms with Crippen LogP contribution in [0.2, 0.25) is 5.02 Å². The van der Waals surface area contributed by atoms with Crippen LogP contribution in [0.25, 0.3) is 0 Å². The molecule has 6 rings (SSSR count). The fourth-order valence-electron chi connectivity index (χ4n) is 8.66. The molecule has 0 bridgehead atoms. The SMILES string of the molecule is NC1CCN(C(=O)[C@@H]2CCCCN2)C([C@@H](Cc2ccc(Cl)cc2)C(=O)N2CCC(Cn3cncn3)(C3CCCCC3)CC2)C1. The van der Waals surface area contributed by atoms with E-state index in [1.54, 1.807) is 6.33 Å². The zero-order valence-corrected chi connectivity index (χ0v) is 26.8. The fraction of sp³-hybridized carbons (Fsp3) is 0.706. The number of nitrogens with zero attached hydrogens (tertiary/aromatic N) is 5. The standard InChI is InChI=1S/C34H50ClN7O2/c35-27-11-9-25(10-12-27)20-29(31-21-28(36)13-17-42(31)33(44)30-8-4-5-16-38-30)32(43)40-18-14-34(15-19-40,22-41-24-37-23-39-41)26-6-2-1-3-7-26/h9-12,23-24,26,28-31,38H,1-8,13-22,36H2/t28?,29-,30+,31?/m1/s1. The van der Waals surface area contributed by atoms with Gasteiger partial charge in [0.15, 0.2) is 0 Å². The summed E-state index contributed by atoms with van der Waals surface area (Å²) in [6, 6.07) is 7.40. The van der Waals surface area contributed by atoms with Gasteiger partial charge in [0.05, 0.1) is 12.0 Å². The van der Waals surface area contributed by atoms with E-state index < -0.39 is 0 Å². The molecule has 10 heteroatoms. The van der Waals surface area contributed by atoms with E-state index in [1.165, 1.54) is 32.1 Å².